The second-order valence-electron chi connectivity index (χ2n) is 17.5. The Hall–Kier alpha value is -8.20. The maximum atomic E-state index is 6.45. The molecule has 2 heteroatoms. The molecule has 66 heavy (non-hydrogen) atoms. The number of furan rings is 1. The van der Waals surface area contributed by atoms with Crippen molar-refractivity contribution in [3.63, 3.8) is 0 Å². The second-order valence-corrected chi connectivity index (χ2v) is 17.5. The minimum atomic E-state index is 0.907. The molecule has 0 fully saturated rings. The Morgan fingerprint density at radius 3 is 1.42 bits per heavy atom. The van der Waals surface area contributed by atoms with Crippen molar-refractivity contribution in [1.29, 1.82) is 0 Å². The highest BCUT2D eigenvalue weighted by Crippen LogP contribution is 2.43. The van der Waals surface area contributed by atoms with Crippen molar-refractivity contribution in [1.82, 2.24) is 0 Å². The molecule has 0 bridgehead atoms. The zero-order valence-electron chi connectivity index (χ0n) is 37.7. The van der Waals surface area contributed by atoms with Crippen LogP contribution in [-0.2, 0) is 0 Å². The van der Waals surface area contributed by atoms with E-state index in [-0.39, 0.29) is 0 Å². The first-order chi connectivity index (χ1) is 32.4. The molecule has 0 aliphatic rings. The van der Waals surface area contributed by atoms with Gasteiger partial charge in [0.2, 0.25) is 0 Å². The van der Waals surface area contributed by atoms with Gasteiger partial charge in [0.25, 0.3) is 0 Å². The summed E-state index contributed by atoms with van der Waals surface area (Å²) < 4.78 is 6.45. The van der Waals surface area contributed by atoms with Crippen molar-refractivity contribution < 1.29 is 4.42 Å². The maximum Gasteiger partial charge on any atom is 0.143 e. The third kappa shape index (κ3) is 7.47. The number of benzene rings is 11. The summed E-state index contributed by atoms with van der Waals surface area (Å²) in [6.45, 7) is 8.66. The molecule has 0 N–H and O–H groups in total. The Morgan fingerprint density at radius 1 is 0.288 bits per heavy atom. The molecule has 0 aliphatic carbocycles. The van der Waals surface area contributed by atoms with Crippen molar-refractivity contribution in [2.45, 2.75) is 27.7 Å². The maximum absolute atomic E-state index is 6.45. The molecule has 12 rings (SSSR count). The van der Waals surface area contributed by atoms with Gasteiger partial charge in [0, 0.05) is 33.4 Å². The summed E-state index contributed by atoms with van der Waals surface area (Å²) >= 11 is 0. The third-order valence-electron chi connectivity index (χ3n) is 13.1. The minimum Gasteiger partial charge on any atom is -0.455 e. The highest BCUT2D eigenvalue weighted by Gasteiger charge is 2.18. The molecule has 0 radical (unpaired) electrons. The van der Waals surface area contributed by atoms with Crippen LogP contribution < -0.4 is 4.90 Å². The number of anilines is 3. The lowest BCUT2D eigenvalue weighted by atomic mass is 9.92. The van der Waals surface area contributed by atoms with Crippen LogP contribution in [0.15, 0.2) is 229 Å². The molecule has 12 aromatic rings. The fourth-order valence-corrected chi connectivity index (χ4v) is 9.70. The number of aryl methyl sites for hydroxylation is 4. The van der Waals surface area contributed by atoms with Crippen LogP contribution in [0.5, 0.6) is 0 Å². The van der Waals surface area contributed by atoms with E-state index in [1.165, 1.54) is 76.8 Å². The summed E-state index contributed by atoms with van der Waals surface area (Å²) in [7, 11) is 0. The number of rotatable bonds is 6. The molecule has 11 aromatic carbocycles. The van der Waals surface area contributed by atoms with Crippen LogP contribution in [0.3, 0.4) is 0 Å². The van der Waals surface area contributed by atoms with Gasteiger partial charge in [-0.05, 0) is 147 Å². The predicted octanol–water partition coefficient (Wildman–Crippen LogP) is 18.4. The summed E-state index contributed by atoms with van der Waals surface area (Å²) in [6, 6.07) is 81.1. The van der Waals surface area contributed by atoms with Crippen molar-refractivity contribution in [2.24, 2.45) is 0 Å². The van der Waals surface area contributed by atoms with Gasteiger partial charge >= 0.3 is 0 Å². The van der Waals surface area contributed by atoms with E-state index < -0.39 is 0 Å². The van der Waals surface area contributed by atoms with E-state index in [2.05, 4.69) is 227 Å². The minimum absolute atomic E-state index is 0.907. The fourth-order valence-electron chi connectivity index (χ4n) is 9.70. The van der Waals surface area contributed by atoms with E-state index in [0.717, 1.165) is 50.1 Å². The Balaban J connectivity index is 0.000000632. The SMILES string of the molecule is Cc1ccc(C)c(-c2cc(-c3ccc(N(c4ccc(-c5cccc6c5oc5ccccc56)cc4)c4ccc5c6ccccc6c6ccccc6c5c4)cc3)ccc2C)c1.Cc1ccccc1. The first-order valence-corrected chi connectivity index (χ1v) is 22.8. The number of fused-ring (bicyclic) bond motifs is 9. The zero-order chi connectivity index (χ0) is 44.7. The Labute approximate surface area is 386 Å². The Kier molecular flexibility index (Phi) is 10.5. The largest absolute Gasteiger partial charge is 0.455 e. The van der Waals surface area contributed by atoms with Crippen LogP contribution in [0, 0.1) is 27.7 Å². The average Bonchev–Trinajstić information content (AvgIpc) is 3.75. The van der Waals surface area contributed by atoms with E-state index in [9.17, 15) is 0 Å². The zero-order valence-corrected chi connectivity index (χ0v) is 37.7. The number of para-hydroxylation sites is 2. The van der Waals surface area contributed by atoms with Gasteiger partial charge in [-0.3, -0.25) is 0 Å². The Bertz CT molecular complexity index is 3690. The van der Waals surface area contributed by atoms with Crippen molar-refractivity contribution in [2.75, 3.05) is 4.90 Å². The molecular formula is C64H49NO. The van der Waals surface area contributed by atoms with E-state index in [1.54, 1.807) is 0 Å². The summed E-state index contributed by atoms with van der Waals surface area (Å²) in [5, 5.41) is 9.84. The summed E-state index contributed by atoms with van der Waals surface area (Å²) in [6.07, 6.45) is 0. The molecule has 0 saturated heterocycles. The standard InChI is InChI=1S/C57H41NO.C7H8/c1-36-19-20-37(2)53(33-36)54-34-41(22-21-38(54)3)39-23-27-42(28-24-39)58(44-31-32-50-48-13-5-4-11-46(48)47-12-6-7-14-49(47)55(50)35-44)43-29-25-40(26-30-43)45-16-10-17-52-51-15-8-9-18-56(51)59-57(45)52;1-7-5-3-2-4-6-7/h4-35H,1-3H3;2-6H,1H3. The van der Waals surface area contributed by atoms with Crippen molar-refractivity contribution >= 4 is 71.3 Å². The van der Waals surface area contributed by atoms with Gasteiger partial charge in [0.1, 0.15) is 11.2 Å². The molecule has 2 nitrogen and oxygen atoms in total. The van der Waals surface area contributed by atoms with Gasteiger partial charge < -0.3 is 9.32 Å². The molecule has 0 aliphatic heterocycles. The molecule has 0 amide bonds. The summed E-state index contributed by atoms with van der Waals surface area (Å²) in [4.78, 5) is 2.38. The van der Waals surface area contributed by atoms with E-state index >= 15 is 0 Å². The van der Waals surface area contributed by atoms with Crippen LogP contribution in [0.25, 0.3) is 87.6 Å². The number of hydrogen-bond acceptors (Lipinski definition) is 2. The average molecular weight is 848 g/mol. The van der Waals surface area contributed by atoms with Gasteiger partial charge in [-0.1, -0.05) is 187 Å². The van der Waals surface area contributed by atoms with E-state index in [1.807, 2.05) is 30.3 Å². The normalized spacial score (nSPS) is 11.3. The molecular weight excluding hydrogens is 799 g/mol. The highest BCUT2D eigenvalue weighted by atomic mass is 16.3. The van der Waals surface area contributed by atoms with Crippen LogP contribution in [0.4, 0.5) is 17.1 Å². The van der Waals surface area contributed by atoms with Crippen LogP contribution in [0.2, 0.25) is 0 Å². The lowest BCUT2D eigenvalue weighted by Crippen LogP contribution is -2.10. The molecule has 0 unspecified atom stereocenters. The van der Waals surface area contributed by atoms with Gasteiger partial charge in [0.05, 0.1) is 0 Å². The van der Waals surface area contributed by atoms with Crippen molar-refractivity contribution in [3.05, 3.63) is 247 Å². The summed E-state index contributed by atoms with van der Waals surface area (Å²) in [5.41, 5.74) is 17.4. The first kappa shape index (κ1) is 40.6. The lowest BCUT2D eigenvalue weighted by molar-refractivity contribution is 0.670. The van der Waals surface area contributed by atoms with Crippen LogP contribution in [-0.4, -0.2) is 0 Å². The monoisotopic (exact) mass is 847 g/mol. The second kappa shape index (κ2) is 17.1. The molecule has 0 saturated carbocycles. The molecule has 1 heterocycles. The Morgan fingerprint density at radius 2 is 0.788 bits per heavy atom. The first-order valence-electron chi connectivity index (χ1n) is 22.8. The topological polar surface area (TPSA) is 16.4 Å². The van der Waals surface area contributed by atoms with Crippen LogP contribution >= 0.6 is 0 Å². The van der Waals surface area contributed by atoms with Crippen LogP contribution in [0.1, 0.15) is 22.3 Å². The van der Waals surface area contributed by atoms with E-state index in [4.69, 9.17) is 4.42 Å². The molecule has 1 aromatic heterocycles. The van der Waals surface area contributed by atoms with Gasteiger partial charge in [0.15, 0.2) is 0 Å². The fraction of sp³-hybridized carbons (Fsp3) is 0.0625. The lowest BCUT2D eigenvalue weighted by Gasteiger charge is -2.27. The van der Waals surface area contributed by atoms with Crippen molar-refractivity contribution in [3.8, 4) is 33.4 Å². The van der Waals surface area contributed by atoms with Gasteiger partial charge in [-0.15, -0.1) is 0 Å². The number of nitrogens with zero attached hydrogens (tertiary/aromatic N) is 1. The third-order valence-corrected chi connectivity index (χ3v) is 13.1. The quantitative estimate of drug-likeness (QED) is 0.155. The molecule has 316 valence electrons. The summed E-state index contributed by atoms with van der Waals surface area (Å²) in [5.74, 6) is 0. The van der Waals surface area contributed by atoms with Gasteiger partial charge in [-0.25, -0.2) is 0 Å². The predicted molar refractivity (Wildman–Crippen MR) is 283 cm³/mol. The number of hydrogen-bond donors (Lipinski definition) is 0. The highest BCUT2D eigenvalue weighted by molar-refractivity contribution is 6.25. The smallest absolute Gasteiger partial charge is 0.143 e. The molecule has 0 atom stereocenters. The van der Waals surface area contributed by atoms with E-state index in [0.29, 0.717) is 0 Å². The van der Waals surface area contributed by atoms with Gasteiger partial charge in [-0.2, -0.15) is 0 Å². The molecule has 0 spiro atoms.